The predicted molar refractivity (Wildman–Crippen MR) is 160 cm³/mol. The summed E-state index contributed by atoms with van der Waals surface area (Å²) in [6.07, 6.45) is 0.486. The summed E-state index contributed by atoms with van der Waals surface area (Å²) in [5.41, 5.74) is 0.677. The van der Waals surface area contributed by atoms with E-state index >= 15 is 0 Å². The van der Waals surface area contributed by atoms with Gasteiger partial charge in [-0.3, -0.25) is 13.9 Å². The fraction of sp³-hybridized carbons (Fsp3) is 0.355. The molecule has 0 aliphatic carbocycles. The first kappa shape index (κ1) is 31.5. The van der Waals surface area contributed by atoms with Crippen LogP contribution >= 0.6 is 0 Å². The van der Waals surface area contributed by atoms with Crippen molar-refractivity contribution in [3.8, 4) is 11.5 Å². The Labute approximate surface area is 243 Å². The van der Waals surface area contributed by atoms with E-state index in [-0.39, 0.29) is 28.8 Å². The van der Waals surface area contributed by atoms with E-state index in [1.54, 1.807) is 43.3 Å². The fourth-order valence-electron chi connectivity index (χ4n) is 4.27. The van der Waals surface area contributed by atoms with Gasteiger partial charge in [-0.2, -0.15) is 0 Å². The molecule has 1 unspecified atom stereocenters. The second kappa shape index (κ2) is 13.5. The van der Waals surface area contributed by atoms with E-state index in [9.17, 15) is 18.0 Å². The SMILES string of the molecule is COc1ccc(S(=O)(=O)N(CC(=O)N(CCc2ccccc2)C(C)C(=O)NC(C)(C)C)c2ccccc2OC)cc1. The molecule has 41 heavy (non-hydrogen) atoms. The second-order valence-corrected chi connectivity index (χ2v) is 12.5. The van der Waals surface area contributed by atoms with Crippen molar-refractivity contribution in [3.05, 3.63) is 84.4 Å². The molecule has 3 aromatic rings. The zero-order valence-electron chi connectivity index (χ0n) is 24.5. The van der Waals surface area contributed by atoms with Crippen molar-refractivity contribution in [1.82, 2.24) is 10.2 Å². The Balaban J connectivity index is 2.03. The summed E-state index contributed by atoms with van der Waals surface area (Å²) < 4.78 is 39.7. The number of amides is 2. The third kappa shape index (κ3) is 8.23. The van der Waals surface area contributed by atoms with Gasteiger partial charge in [-0.05, 0) is 76.1 Å². The molecular formula is C31H39N3O6S. The lowest BCUT2D eigenvalue weighted by molar-refractivity contribution is -0.139. The van der Waals surface area contributed by atoms with Gasteiger partial charge in [0, 0.05) is 12.1 Å². The van der Waals surface area contributed by atoms with Crippen LogP contribution in [0.3, 0.4) is 0 Å². The van der Waals surface area contributed by atoms with Crippen molar-refractivity contribution in [3.63, 3.8) is 0 Å². The summed E-state index contributed by atoms with van der Waals surface area (Å²) in [5, 5.41) is 2.93. The molecule has 0 aliphatic heterocycles. The Kier molecular flexibility index (Phi) is 10.4. The average Bonchev–Trinajstić information content (AvgIpc) is 2.95. The highest BCUT2D eigenvalue weighted by atomic mass is 32.2. The van der Waals surface area contributed by atoms with Crippen LogP contribution in [0.2, 0.25) is 0 Å². The van der Waals surface area contributed by atoms with Crippen LogP contribution in [-0.4, -0.2) is 64.0 Å². The minimum Gasteiger partial charge on any atom is -0.497 e. The average molecular weight is 582 g/mol. The molecule has 3 rings (SSSR count). The third-order valence-electron chi connectivity index (χ3n) is 6.43. The summed E-state index contributed by atoms with van der Waals surface area (Å²) in [6, 6.07) is 21.3. The normalized spacial score (nSPS) is 12.2. The van der Waals surface area contributed by atoms with E-state index in [1.165, 1.54) is 31.3 Å². The molecule has 10 heteroatoms. The molecule has 0 aromatic heterocycles. The Morgan fingerprint density at radius 2 is 1.49 bits per heavy atom. The summed E-state index contributed by atoms with van der Waals surface area (Å²) in [6.45, 7) is 6.89. The van der Waals surface area contributed by atoms with E-state index < -0.39 is 34.1 Å². The van der Waals surface area contributed by atoms with Crippen LogP contribution in [-0.2, 0) is 26.0 Å². The number of nitrogens with zero attached hydrogens (tertiary/aromatic N) is 2. The van der Waals surface area contributed by atoms with Gasteiger partial charge in [0.05, 0.1) is 24.8 Å². The van der Waals surface area contributed by atoms with E-state index in [4.69, 9.17) is 9.47 Å². The maximum absolute atomic E-state index is 14.0. The molecule has 0 bridgehead atoms. The zero-order chi connectivity index (χ0) is 30.2. The number of sulfonamides is 1. The lowest BCUT2D eigenvalue weighted by Crippen LogP contribution is -2.55. The molecule has 0 spiro atoms. The Bertz CT molecular complexity index is 1420. The fourth-order valence-corrected chi connectivity index (χ4v) is 5.69. The van der Waals surface area contributed by atoms with Gasteiger partial charge in [0.1, 0.15) is 24.1 Å². The largest absolute Gasteiger partial charge is 0.497 e. The molecule has 0 aliphatic rings. The van der Waals surface area contributed by atoms with Gasteiger partial charge in [-0.25, -0.2) is 8.42 Å². The number of nitrogens with one attached hydrogen (secondary N) is 1. The molecule has 220 valence electrons. The van der Waals surface area contributed by atoms with Gasteiger partial charge in [-0.1, -0.05) is 42.5 Å². The smallest absolute Gasteiger partial charge is 0.264 e. The van der Waals surface area contributed by atoms with Crippen LogP contribution in [0.5, 0.6) is 11.5 Å². The molecular weight excluding hydrogens is 542 g/mol. The minimum atomic E-state index is -4.23. The number of carbonyl (C=O) groups excluding carboxylic acids is 2. The third-order valence-corrected chi connectivity index (χ3v) is 8.20. The lowest BCUT2D eigenvalue weighted by Gasteiger charge is -2.33. The van der Waals surface area contributed by atoms with Crippen molar-refractivity contribution >= 4 is 27.5 Å². The van der Waals surface area contributed by atoms with Gasteiger partial charge in [-0.15, -0.1) is 0 Å². The molecule has 9 nitrogen and oxygen atoms in total. The summed E-state index contributed by atoms with van der Waals surface area (Å²) in [4.78, 5) is 28.6. The molecule has 0 heterocycles. The van der Waals surface area contributed by atoms with Gasteiger partial charge >= 0.3 is 0 Å². The number of hydrogen-bond donors (Lipinski definition) is 1. The van der Waals surface area contributed by atoms with Crippen molar-refractivity contribution < 1.29 is 27.5 Å². The number of carbonyl (C=O) groups is 2. The van der Waals surface area contributed by atoms with E-state index in [1.807, 2.05) is 51.1 Å². The first-order chi connectivity index (χ1) is 19.4. The first-order valence-corrected chi connectivity index (χ1v) is 14.8. The highest BCUT2D eigenvalue weighted by molar-refractivity contribution is 7.92. The number of anilines is 1. The van der Waals surface area contributed by atoms with Crippen molar-refractivity contribution in [2.45, 2.75) is 50.6 Å². The molecule has 1 N–H and O–H groups in total. The maximum Gasteiger partial charge on any atom is 0.264 e. The molecule has 3 aromatic carbocycles. The monoisotopic (exact) mass is 581 g/mol. The van der Waals surface area contributed by atoms with Crippen LogP contribution in [0.15, 0.2) is 83.8 Å². The summed E-state index contributed by atoms with van der Waals surface area (Å²) in [7, 11) is -1.31. The van der Waals surface area contributed by atoms with Crippen molar-refractivity contribution in [2.24, 2.45) is 0 Å². The number of methoxy groups -OCH3 is 2. The van der Waals surface area contributed by atoms with Crippen molar-refractivity contribution in [2.75, 3.05) is 31.6 Å². The van der Waals surface area contributed by atoms with Crippen LogP contribution < -0.4 is 19.1 Å². The van der Waals surface area contributed by atoms with Crippen LogP contribution in [0.1, 0.15) is 33.3 Å². The van der Waals surface area contributed by atoms with Crippen LogP contribution in [0.25, 0.3) is 0 Å². The molecule has 1 atom stereocenters. The molecule has 0 saturated carbocycles. The molecule has 2 amide bonds. The first-order valence-electron chi connectivity index (χ1n) is 13.3. The van der Waals surface area contributed by atoms with Crippen LogP contribution in [0.4, 0.5) is 5.69 Å². The van der Waals surface area contributed by atoms with Gasteiger partial charge in [0.25, 0.3) is 10.0 Å². The predicted octanol–water partition coefficient (Wildman–Crippen LogP) is 4.27. The maximum atomic E-state index is 14.0. The minimum absolute atomic E-state index is 0.0219. The Hall–Kier alpha value is -4.05. The number of para-hydroxylation sites is 2. The second-order valence-electron chi connectivity index (χ2n) is 10.6. The van der Waals surface area contributed by atoms with E-state index in [0.717, 1.165) is 9.87 Å². The van der Waals surface area contributed by atoms with Gasteiger partial charge < -0.3 is 19.7 Å². The van der Waals surface area contributed by atoms with Gasteiger partial charge in [0.15, 0.2) is 0 Å². The molecule has 0 radical (unpaired) electrons. The quantitative estimate of drug-likeness (QED) is 0.343. The summed E-state index contributed by atoms with van der Waals surface area (Å²) >= 11 is 0. The number of benzene rings is 3. The highest BCUT2D eigenvalue weighted by Crippen LogP contribution is 2.33. The van der Waals surface area contributed by atoms with Gasteiger partial charge in [0.2, 0.25) is 11.8 Å². The van der Waals surface area contributed by atoms with Crippen molar-refractivity contribution in [1.29, 1.82) is 0 Å². The zero-order valence-corrected chi connectivity index (χ0v) is 25.3. The Morgan fingerprint density at radius 3 is 2.07 bits per heavy atom. The highest BCUT2D eigenvalue weighted by Gasteiger charge is 2.34. The molecule has 0 saturated heterocycles. The lowest BCUT2D eigenvalue weighted by atomic mass is 10.1. The van der Waals surface area contributed by atoms with E-state index in [2.05, 4.69) is 5.32 Å². The summed E-state index contributed by atoms with van der Waals surface area (Å²) in [5.74, 6) is -0.0809. The topological polar surface area (TPSA) is 105 Å². The number of rotatable bonds is 12. The van der Waals surface area contributed by atoms with E-state index in [0.29, 0.717) is 12.2 Å². The van der Waals surface area contributed by atoms with Crippen LogP contribution in [0, 0.1) is 0 Å². The number of hydrogen-bond acceptors (Lipinski definition) is 6. The standard InChI is InChI=1S/C31H39N3O6S/c1-23(30(36)32-31(2,3)4)33(21-20-24-12-8-7-9-13-24)29(35)22-34(27-14-10-11-15-28(27)40-6)41(37,38)26-18-16-25(39-5)17-19-26/h7-19,23H,20-22H2,1-6H3,(H,32,36). The molecule has 0 fully saturated rings. The number of ether oxygens (including phenoxy) is 2. The Morgan fingerprint density at radius 1 is 0.878 bits per heavy atom.